The van der Waals surface area contributed by atoms with Crippen LogP contribution in [0.3, 0.4) is 0 Å². The Morgan fingerprint density at radius 3 is 2.66 bits per heavy atom. The highest BCUT2D eigenvalue weighted by molar-refractivity contribution is 6.32. The number of fused-ring (bicyclic) bond motifs is 1. The van der Waals surface area contributed by atoms with E-state index in [4.69, 9.17) is 11.6 Å². The van der Waals surface area contributed by atoms with Gasteiger partial charge in [0.1, 0.15) is 23.9 Å². The zero-order valence-corrected chi connectivity index (χ0v) is 22.6. The lowest BCUT2D eigenvalue weighted by Gasteiger charge is -2.36. The molecule has 2 atom stereocenters. The number of carboxylic acid groups (broad SMARTS) is 1. The molecular weight excluding hydrogens is 519 g/mol. The number of hydrogen-bond acceptors (Lipinski definition) is 6. The monoisotopic (exact) mass is 553 g/mol. The molecule has 0 bridgehead atoms. The van der Waals surface area contributed by atoms with E-state index < -0.39 is 24.4 Å². The molecule has 7 nitrogen and oxygen atoms in total. The molecule has 0 saturated heterocycles. The van der Waals surface area contributed by atoms with E-state index in [-0.39, 0.29) is 22.0 Å². The van der Waals surface area contributed by atoms with Gasteiger partial charge in [-0.1, -0.05) is 45.4 Å². The SMILES string of the molecule is C=C1C=C(NCCC2(CCC)CC2)N=C2C(C(NC3NC=CC=C3C(=O)O)C(F)(F)F)=CC(Cl)=CN12.CC. The third-order valence-electron chi connectivity index (χ3n) is 6.73. The quantitative estimate of drug-likeness (QED) is 0.280. The van der Waals surface area contributed by atoms with Crippen LogP contribution in [-0.2, 0) is 4.79 Å². The number of alkyl halides is 3. The minimum absolute atomic E-state index is 0.0196. The molecule has 0 amide bonds. The molecule has 0 radical (unpaired) electrons. The number of carboxylic acids is 1. The smallest absolute Gasteiger partial charge is 0.408 e. The van der Waals surface area contributed by atoms with Crippen LogP contribution in [0.15, 0.2) is 76.0 Å². The van der Waals surface area contributed by atoms with Gasteiger partial charge in [0.05, 0.1) is 10.6 Å². The minimum Gasteiger partial charge on any atom is -0.478 e. The Morgan fingerprint density at radius 1 is 1.34 bits per heavy atom. The number of aliphatic imine (C=N–C) groups is 1. The average molecular weight is 554 g/mol. The first-order chi connectivity index (χ1) is 18.0. The van der Waals surface area contributed by atoms with Crippen LogP contribution in [0.4, 0.5) is 13.2 Å². The summed E-state index contributed by atoms with van der Waals surface area (Å²) in [6, 6.07) is -2.26. The summed E-state index contributed by atoms with van der Waals surface area (Å²) >= 11 is 6.20. The molecule has 4 rings (SSSR count). The first-order valence-electron chi connectivity index (χ1n) is 12.8. The molecule has 4 aliphatic rings. The molecular formula is C27H35ClF3N5O2. The summed E-state index contributed by atoms with van der Waals surface area (Å²) in [5, 5.41) is 17.8. The predicted molar refractivity (Wildman–Crippen MR) is 144 cm³/mol. The Kier molecular flexibility index (Phi) is 9.54. The topological polar surface area (TPSA) is 89.0 Å². The number of nitrogens with one attached hydrogen (secondary N) is 3. The van der Waals surface area contributed by atoms with Gasteiger partial charge in [-0.15, -0.1) is 0 Å². The Bertz CT molecular complexity index is 1120. The predicted octanol–water partition coefficient (Wildman–Crippen LogP) is 5.64. The number of dihydropyridines is 1. The number of hydrogen-bond donors (Lipinski definition) is 4. The van der Waals surface area contributed by atoms with Gasteiger partial charge in [0.2, 0.25) is 0 Å². The van der Waals surface area contributed by atoms with Crippen molar-refractivity contribution in [1.82, 2.24) is 20.9 Å². The van der Waals surface area contributed by atoms with Gasteiger partial charge in [0.15, 0.2) is 0 Å². The molecule has 3 heterocycles. The molecule has 11 heteroatoms. The van der Waals surface area contributed by atoms with Crippen LogP contribution in [0.25, 0.3) is 0 Å². The molecule has 0 aromatic carbocycles. The summed E-state index contributed by atoms with van der Waals surface area (Å²) in [5.41, 5.74) is 0.280. The standard InChI is InChI=1S/C25H29ClF3N5O2.C2H6/c1-3-6-24(7-8-24)9-11-30-19-12-15(2)34-14-16(26)13-18(22(34)32-19)20(25(27,28)29)33-21-17(23(35)36)5-4-10-31-21;1-2/h4-5,10,12-14,20-21,30-31,33H,2-3,6-9,11H2,1H3,(H,35,36);1-2H3. The summed E-state index contributed by atoms with van der Waals surface area (Å²) in [6.07, 6.45) is 7.93. The van der Waals surface area contributed by atoms with E-state index in [1.807, 2.05) is 13.8 Å². The van der Waals surface area contributed by atoms with Crippen molar-refractivity contribution in [3.8, 4) is 0 Å². The van der Waals surface area contributed by atoms with E-state index in [2.05, 4.69) is 34.4 Å². The molecule has 3 aliphatic heterocycles. The second kappa shape index (κ2) is 12.3. The maximum atomic E-state index is 14.4. The first-order valence-corrected chi connectivity index (χ1v) is 13.2. The van der Waals surface area contributed by atoms with Crippen LogP contribution >= 0.6 is 11.6 Å². The van der Waals surface area contributed by atoms with E-state index in [0.717, 1.165) is 19.3 Å². The van der Waals surface area contributed by atoms with Crippen molar-refractivity contribution in [1.29, 1.82) is 0 Å². The maximum absolute atomic E-state index is 14.4. The summed E-state index contributed by atoms with van der Waals surface area (Å²) in [5.74, 6) is -0.899. The normalized spacial score (nSPS) is 22.3. The fourth-order valence-electron chi connectivity index (χ4n) is 4.73. The fourth-order valence-corrected chi connectivity index (χ4v) is 4.94. The Morgan fingerprint density at radius 2 is 2.05 bits per heavy atom. The second-order valence-electron chi connectivity index (χ2n) is 9.39. The third-order valence-corrected chi connectivity index (χ3v) is 6.94. The molecule has 4 N–H and O–H groups in total. The first kappa shape index (κ1) is 29.6. The van der Waals surface area contributed by atoms with E-state index in [1.54, 1.807) is 6.08 Å². The van der Waals surface area contributed by atoms with Gasteiger partial charge in [-0.05, 0) is 55.5 Å². The van der Waals surface area contributed by atoms with Crippen molar-refractivity contribution in [3.05, 3.63) is 71.0 Å². The molecule has 1 fully saturated rings. The number of amidine groups is 1. The van der Waals surface area contributed by atoms with Gasteiger partial charge in [-0.2, -0.15) is 13.2 Å². The van der Waals surface area contributed by atoms with Crippen molar-refractivity contribution in [2.24, 2.45) is 10.4 Å². The van der Waals surface area contributed by atoms with Gasteiger partial charge >= 0.3 is 12.1 Å². The molecule has 2 unspecified atom stereocenters. The number of halogens is 4. The van der Waals surface area contributed by atoms with Crippen molar-refractivity contribution >= 4 is 23.4 Å². The van der Waals surface area contributed by atoms with Gasteiger partial charge in [0.25, 0.3) is 0 Å². The zero-order valence-electron chi connectivity index (χ0n) is 21.8. The highest BCUT2D eigenvalue weighted by Gasteiger charge is 2.47. The summed E-state index contributed by atoms with van der Waals surface area (Å²) in [7, 11) is 0. The lowest BCUT2D eigenvalue weighted by atomic mass is 9.96. The summed E-state index contributed by atoms with van der Waals surface area (Å²) in [6.45, 7) is 10.8. The van der Waals surface area contributed by atoms with Crippen molar-refractivity contribution < 1.29 is 23.1 Å². The third kappa shape index (κ3) is 6.91. The Balaban J connectivity index is 0.00000195. The molecule has 1 aliphatic carbocycles. The molecule has 0 spiro atoms. The van der Waals surface area contributed by atoms with Crippen molar-refractivity contribution in [2.45, 2.75) is 71.3 Å². The van der Waals surface area contributed by atoms with Crippen LogP contribution in [0.1, 0.15) is 52.9 Å². The van der Waals surface area contributed by atoms with Gasteiger partial charge in [0, 0.05) is 30.1 Å². The van der Waals surface area contributed by atoms with Crippen molar-refractivity contribution in [3.63, 3.8) is 0 Å². The number of aliphatic carboxylic acids is 1. The van der Waals surface area contributed by atoms with Crippen LogP contribution in [0, 0.1) is 5.41 Å². The Labute approximate surface area is 226 Å². The number of rotatable bonds is 10. The lowest BCUT2D eigenvalue weighted by Crippen LogP contribution is -2.57. The lowest BCUT2D eigenvalue weighted by molar-refractivity contribution is -0.148. The van der Waals surface area contributed by atoms with Crippen LogP contribution in [-0.4, -0.2) is 46.7 Å². The largest absolute Gasteiger partial charge is 0.478 e. The van der Waals surface area contributed by atoms with Crippen molar-refractivity contribution in [2.75, 3.05) is 6.54 Å². The molecule has 208 valence electrons. The number of allylic oxidation sites excluding steroid dienone is 5. The highest BCUT2D eigenvalue weighted by atomic mass is 35.5. The van der Waals surface area contributed by atoms with Crippen LogP contribution in [0.2, 0.25) is 0 Å². The van der Waals surface area contributed by atoms with E-state index in [9.17, 15) is 23.1 Å². The van der Waals surface area contributed by atoms with Gasteiger partial charge in [-0.3, -0.25) is 5.32 Å². The number of nitrogens with zero attached hydrogens (tertiary/aromatic N) is 2. The van der Waals surface area contributed by atoms with Crippen LogP contribution < -0.4 is 16.0 Å². The molecule has 0 aromatic rings. The van der Waals surface area contributed by atoms with Gasteiger partial charge in [-0.25, -0.2) is 9.79 Å². The van der Waals surface area contributed by atoms with E-state index in [0.29, 0.717) is 23.5 Å². The summed E-state index contributed by atoms with van der Waals surface area (Å²) < 4.78 is 43.1. The summed E-state index contributed by atoms with van der Waals surface area (Å²) in [4.78, 5) is 17.5. The molecule has 38 heavy (non-hydrogen) atoms. The highest BCUT2D eigenvalue weighted by Crippen LogP contribution is 2.52. The van der Waals surface area contributed by atoms with E-state index >= 15 is 0 Å². The second-order valence-corrected chi connectivity index (χ2v) is 9.83. The molecule has 1 saturated carbocycles. The minimum atomic E-state index is -4.78. The van der Waals surface area contributed by atoms with Crippen LogP contribution in [0.5, 0.6) is 0 Å². The molecule has 0 aromatic heterocycles. The van der Waals surface area contributed by atoms with E-state index in [1.165, 1.54) is 48.4 Å². The maximum Gasteiger partial charge on any atom is 0.408 e. The van der Waals surface area contributed by atoms with Gasteiger partial charge < -0.3 is 20.6 Å². The average Bonchev–Trinajstić information content (AvgIpc) is 3.63. The Hall–Kier alpha value is -2.98. The zero-order chi connectivity index (χ0) is 28.1. The fraction of sp³-hybridized carbons (Fsp3) is 0.481. The number of carbonyl (C=O) groups is 1.